The van der Waals surface area contributed by atoms with Crippen LogP contribution < -0.4 is 15.8 Å². The van der Waals surface area contributed by atoms with Crippen LogP contribution in [0, 0.1) is 24.0 Å². The van der Waals surface area contributed by atoms with Gasteiger partial charge in [-0.1, -0.05) is 18.2 Å². The first kappa shape index (κ1) is 34.1. The molecular formula is C38H45F2N7O2. The molecule has 9 nitrogen and oxygen atoms in total. The Morgan fingerprint density at radius 2 is 1.71 bits per heavy atom. The van der Waals surface area contributed by atoms with Gasteiger partial charge in [-0.25, -0.2) is 13.8 Å². The van der Waals surface area contributed by atoms with Crippen LogP contribution in [0.3, 0.4) is 0 Å². The molecule has 49 heavy (non-hydrogen) atoms. The predicted molar refractivity (Wildman–Crippen MR) is 191 cm³/mol. The van der Waals surface area contributed by atoms with Crippen molar-refractivity contribution in [2.45, 2.75) is 84.9 Å². The van der Waals surface area contributed by atoms with E-state index in [0.717, 1.165) is 51.9 Å². The van der Waals surface area contributed by atoms with Crippen molar-refractivity contribution >= 4 is 28.7 Å². The number of hydrogen-bond acceptors (Lipinski definition) is 7. The summed E-state index contributed by atoms with van der Waals surface area (Å²) in [5, 5.41) is 12.6. The summed E-state index contributed by atoms with van der Waals surface area (Å²) in [6.45, 7) is 13.1. The number of allylic oxidation sites excluding steroid dienone is 1. The van der Waals surface area contributed by atoms with Gasteiger partial charge in [-0.15, -0.1) is 0 Å². The van der Waals surface area contributed by atoms with Gasteiger partial charge < -0.3 is 19.9 Å². The Balaban J connectivity index is 1.49. The van der Waals surface area contributed by atoms with E-state index in [9.17, 15) is 4.79 Å². The average Bonchev–Trinajstić information content (AvgIpc) is 3.89. The smallest absolute Gasteiger partial charge is 0.284 e. The summed E-state index contributed by atoms with van der Waals surface area (Å²) >= 11 is 0. The van der Waals surface area contributed by atoms with Crippen molar-refractivity contribution in [1.29, 1.82) is 5.41 Å². The van der Waals surface area contributed by atoms with Gasteiger partial charge in [-0.3, -0.25) is 14.8 Å². The average molecular weight is 670 g/mol. The molecule has 2 fully saturated rings. The molecule has 6 rings (SSSR count). The van der Waals surface area contributed by atoms with Crippen molar-refractivity contribution in [1.82, 2.24) is 24.8 Å². The number of rotatable bonds is 7. The number of benzene rings is 2. The minimum absolute atomic E-state index is 0.0676. The second kappa shape index (κ2) is 13.2. The number of amidine groups is 1. The number of nitrogens with zero attached hydrogens (tertiary/aromatic N) is 5. The highest BCUT2D eigenvalue weighted by Crippen LogP contribution is 2.38. The van der Waals surface area contributed by atoms with Crippen molar-refractivity contribution in [3.63, 3.8) is 0 Å². The first-order valence-electron chi connectivity index (χ1n) is 17.0. The molecule has 4 aromatic rings. The van der Waals surface area contributed by atoms with Gasteiger partial charge in [-0.2, -0.15) is 4.98 Å². The molecule has 2 N–H and O–H groups in total. The van der Waals surface area contributed by atoms with Gasteiger partial charge in [0, 0.05) is 54.9 Å². The highest BCUT2D eigenvalue weighted by molar-refractivity contribution is 5.94. The standard InChI is InChI=1S/C38H45F2N7O2/c1-22(2)42-32(24-13-14-24)25-12-11-23(3)28(21-25)33-27-15-16-31(48)47(34-29(39)9-8-10-30(34)40)35(27)44-37(43-33)46-19-17-26(18-20-46)45(7)36(41)49-38(4,5)6/h8-12,15-16,21-22,26,41-42H,13-14,17-20H2,1-7H3. The number of piperidine rings is 1. The first-order chi connectivity index (χ1) is 23.2. The molecule has 1 aliphatic carbocycles. The fraction of sp³-hybridized carbons (Fsp3) is 0.421. The lowest BCUT2D eigenvalue weighted by molar-refractivity contribution is 0.0790. The summed E-state index contributed by atoms with van der Waals surface area (Å²) in [6, 6.07) is 13.2. The number of aromatic nitrogens is 3. The van der Waals surface area contributed by atoms with Crippen LogP contribution in [0.2, 0.25) is 0 Å². The third-order valence-electron chi connectivity index (χ3n) is 8.99. The molecule has 0 atom stereocenters. The van der Waals surface area contributed by atoms with Crippen LogP contribution in [0.15, 0.2) is 58.9 Å². The number of halogens is 2. The summed E-state index contributed by atoms with van der Waals surface area (Å²) in [5.41, 5.74) is 4.48. The van der Waals surface area contributed by atoms with Gasteiger partial charge in [0.1, 0.15) is 22.9 Å². The van der Waals surface area contributed by atoms with E-state index < -0.39 is 28.5 Å². The van der Waals surface area contributed by atoms with Gasteiger partial charge in [0.2, 0.25) is 5.95 Å². The Kier molecular flexibility index (Phi) is 9.21. The van der Waals surface area contributed by atoms with Crippen LogP contribution in [-0.4, -0.2) is 63.3 Å². The Labute approximate surface area is 286 Å². The van der Waals surface area contributed by atoms with E-state index in [1.165, 1.54) is 17.7 Å². The third-order valence-corrected chi connectivity index (χ3v) is 8.99. The van der Waals surface area contributed by atoms with Crippen LogP contribution in [-0.2, 0) is 4.74 Å². The molecule has 1 saturated carbocycles. The van der Waals surface area contributed by atoms with E-state index >= 15 is 8.78 Å². The molecule has 0 amide bonds. The lowest BCUT2D eigenvalue weighted by Gasteiger charge is -2.38. The molecule has 0 bridgehead atoms. The van der Waals surface area contributed by atoms with Crippen molar-refractivity contribution in [2.24, 2.45) is 0 Å². The van der Waals surface area contributed by atoms with Crippen LogP contribution >= 0.6 is 0 Å². The Hall–Kier alpha value is -4.80. The molecule has 1 aliphatic heterocycles. The fourth-order valence-corrected chi connectivity index (χ4v) is 6.37. The van der Waals surface area contributed by atoms with E-state index in [4.69, 9.17) is 20.1 Å². The highest BCUT2D eigenvalue weighted by atomic mass is 19.1. The van der Waals surface area contributed by atoms with E-state index in [0.29, 0.717) is 43.0 Å². The summed E-state index contributed by atoms with van der Waals surface area (Å²) in [5.74, 6) is -1.36. The maximum Gasteiger partial charge on any atom is 0.284 e. The van der Waals surface area contributed by atoms with Crippen molar-refractivity contribution in [3.8, 4) is 16.9 Å². The fourth-order valence-electron chi connectivity index (χ4n) is 6.37. The zero-order chi connectivity index (χ0) is 35.2. The van der Waals surface area contributed by atoms with E-state index in [2.05, 4.69) is 37.4 Å². The van der Waals surface area contributed by atoms with Crippen molar-refractivity contribution < 1.29 is 13.5 Å². The number of nitrogens with one attached hydrogen (secondary N) is 2. The maximum atomic E-state index is 15.3. The number of para-hydroxylation sites is 1. The van der Waals surface area contributed by atoms with E-state index in [-0.39, 0.29) is 23.8 Å². The quantitative estimate of drug-likeness (QED) is 0.159. The van der Waals surface area contributed by atoms with E-state index in [1.807, 2.05) is 44.5 Å². The molecule has 258 valence electrons. The summed E-state index contributed by atoms with van der Waals surface area (Å²) in [4.78, 5) is 27.4. The molecule has 11 heteroatoms. The Bertz CT molecular complexity index is 1980. The minimum Gasteiger partial charge on any atom is -0.460 e. The maximum absolute atomic E-state index is 15.3. The highest BCUT2D eigenvalue weighted by Gasteiger charge is 2.29. The van der Waals surface area contributed by atoms with Crippen LogP contribution in [0.5, 0.6) is 0 Å². The predicted octanol–water partition coefficient (Wildman–Crippen LogP) is 7.19. The number of anilines is 1. The topological polar surface area (TPSA) is 99.4 Å². The van der Waals surface area contributed by atoms with Gasteiger partial charge in [-0.05, 0) is 108 Å². The number of pyridine rings is 1. The monoisotopic (exact) mass is 669 g/mol. The zero-order valence-electron chi connectivity index (χ0n) is 29.3. The molecule has 2 aliphatic rings. The molecular weight excluding hydrogens is 624 g/mol. The molecule has 2 aromatic heterocycles. The molecule has 0 spiro atoms. The summed E-state index contributed by atoms with van der Waals surface area (Å²) in [6.07, 6.45) is 3.51. The van der Waals surface area contributed by atoms with Crippen molar-refractivity contribution in [3.05, 3.63) is 87.2 Å². The van der Waals surface area contributed by atoms with Crippen molar-refractivity contribution in [2.75, 3.05) is 25.0 Å². The van der Waals surface area contributed by atoms with Gasteiger partial charge >= 0.3 is 0 Å². The number of hydrogen-bond donors (Lipinski definition) is 2. The van der Waals surface area contributed by atoms with E-state index in [1.54, 1.807) is 6.07 Å². The minimum atomic E-state index is -0.862. The van der Waals surface area contributed by atoms with Crippen LogP contribution in [0.4, 0.5) is 14.7 Å². The zero-order valence-corrected chi connectivity index (χ0v) is 29.3. The Morgan fingerprint density at radius 1 is 1.04 bits per heavy atom. The SMILES string of the molecule is Cc1ccc(C(NC(C)C)=C2CC2)cc1-c1nc(N2CCC(N(C)C(=N)OC(C)(C)C)CC2)nc2c1ccc(=O)n2-c1c(F)cccc1F. The van der Waals surface area contributed by atoms with Gasteiger partial charge in [0.05, 0.1) is 5.69 Å². The lowest BCUT2D eigenvalue weighted by Crippen LogP contribution is -2.47. The van der Waals surface area contributed by atoms with Gasteiger partial charge in [0.25, 0.3) is 11.6 Å². The van der Waals surface area contributed by atoms with Gasteiger partial charge in [0.15, 0.2) is 5.65 Å². The summed E-state index contributed by atoms with van der Waals surface area (Å²) < 4.78 is 37.4. The Morgan fingerprint density at radius 3 is 2.33 bits per heavy atom. The van der Waals surface area contributed by atoms with Crippen LogP contribution in [0.25, 0.3) is 33.7 Å². The normalized spacial score (nSPS) is 15.1. The molecule has 2 aromatic carbocycles. The first-order valence-corrected chi connectivity index (χ1v) is 17.0. The largest absolute Gasteiger partial charge is 0.460 e. The molecule has 0 radical (unpaired) electrons. The second-order valence-electron chi connectivity index (χ2n) is 14.3. The number of aryl methyl sites for hydroxylation is 1. The lowest BCUT2D eigenvalue weighted by atomic mass is 9.98. The molecule has 3 heterocycles. The number of fused-ring (bicyclic) bond motifs is 1. The van der Waals surface area contributed by atoms with Crippen LogP contribution in [0.1, 0.15) is 71.4 Å². The molecule has 0 unspecified atom stereocenters. The second-order valence-corrected chi connectivity index (χ2v) is 14.3. The summed E-state index contributed by atoms with van der Waals surface area (Å²) in [7, 11) is 1.87. The molecule has 1 saturated heterocycles. The number of ether oxygens (including phenoxy) is 1. The third kappa shape index (κ3) is 7.16.